The molecule has 0 radical (unpaired) electrons. The van der Waals surface area contributed by atoms with Crippen molar-refractivity contribution in [3.63, 3.8) is 0 Å². The number of amides is 1. The fraction of sp³-hybridized carbons (Fsp3) is 0.167. The first-order valence-corrected chi connectivity index (χ1v) is 9.68. The highest BCUT2D eigenvalue weighted by Gasteiger charge is 2.33. The number of carbonyl (C=O) groups excluding carboxylic acids is 1. The Bertz CT molecular complexity index is 1270. The Morgan fingerprint density at radius 3 is 2.55 bits per heavy atom. The second kappa shape index (κ2) is 6.78. The minimum atomic E-state index is -0.471. The Morgan fingerprint density at radius 1 is 0.931 bits per heavy atom. The standard InChI is InChI=1S/C24H20N2O3/c1-15-20-12-17(11-16-5-3-2-4-6-16)7-9-19(20)23(27)26(15)14-18-8-10-21-22(13-18)29-24(28)25-21/h2-10,12-13,15H,11,14H2,1H3,(H,25,28). The molecule has 5 nitrogen and oxygen atoms in total. The van der Waals surface area contributed by atoms with E-state index < -0.39 is 5.76 Å². The van der Waals surface area contributed by atoms with Gasteiger partial charge in [0.25, 0.3) is 5.91 Å². The Hall–Kier alpha value is -3.60. The maximum atomic E-state index is 13.0. The van der Waals surface area contributed by atoms with Crippen LogP contribution in [0.4, 0.5) is 0 Å². The van der Waals surface area contributed by atoms with Gasteiger partial charge in [-0.25, -0.2) is 4.79 Å². The van der Waals surface area contributed by atoms with Gasteiger partial charge in [0, 0.05) is 12.1 Å². The summed E-state index contributed by atoms with van der Waals surface area (Å²) in [4.78, 5) is 28.9. The molecule has 1 atom stereocenters. The van der Waals surface area contributed by atoms with Crippen LogP contribution in [0.1, 0.15) is 45.6 Å². The summed E-state index contributed by atoms with van der Waals surface area (Å²) in [6.07, 6.45) is 0.845. The molecular formula is C24H20N2O3. The van der Waals surface area contributed by atoms with Crippen molar-refractivity contribution in [1.82, 2.24) is 9.88 Å². The lowest BCUT2D eigenvalue weighted by Crippen LogP contribution is -2.26. The zero-order valence-electron chi connectivity index (χ0n) is 16.0. The molecule has 1 N–H and O–H groups in total. The van der Waals surface area contributed by atoms with Gasteiger partial charge in [-0.05, 0) is 53.8 Å². The number of hydrogen-bond donors (Lipinski definition) is 1. The summed E-state index contributed by atoms with van der Waals surface area (Å²) >= 11 is 0. The molecule has 0 saturated carbocycles. The average Bonchev–Trinajstić information content (AvgIpc) is 3.20. The van der Waals surface area contributed by atoms with E-state index in [9.17, 15) is 9.59 Å². The fourth-order valence-electron chi connectivity index (χ4n) is 4.09. The topological polar surface area (TPSA) is 66.3 Å². The molecular weight excluding hydrogens is 364 g/mol. The molecule has 0 aliphatic carbocycles. The Balaban J connectivity index is 1.41. The van der Waals surface area contributed by atoms with Crippen molar-refractivity contribution < 1.29 is 9.21 Å². The molecule has 0 saturated heterocycles. The van der Waals surface area contributed by atoms with Gasteiger partial charge >= 0.3 is 5.76 Å². The summed E-state index contributed by atoms with van der Waals surface area (Å²) in [5.74, 6) is -0.435. The van der Waals surface area contributed by atoms with Crippen LogP contribution in [-0.2, 0) is 13.0 Å². The third kappa shape index (κ3) is 3.14. The predicted octanol–water partition coefficient (Wildman–Crippen LogP) is 4.43. The van der Waals surface area contributed by atoms with Gasteiger partial charge in [0.2, 0.25) is 0 Å². The number of carbonyl (C=O) groups is 1. The molecule has 1 aliphatic rings. The van der Waals surface area contributed by atoms with Crippen molar-refractivity contribution in [3.05, 3.63) is 105 Å². The Kier molecular flexibility index (Phi) is 4.09. The van der Waals surface area contributed by atoms with Gasteiger partial charge in [0.05, 0.1) is 11.6 Å². The van der Waals surface area contributed by atoms with Crippen molar-refractivity contribution >= 4 is 17.0 Å². The predicted molar refractivity (Wildman–Crippen MR) is 111 cm³/mol. The number of aromatic amines is 1. The maximum absolute atomic E-state index is 13.0. The van der Waals surface area contributed by atoms with Crippen LogP contribution in [-0.4, -0.2) is 15.8 Å². The number of hydrogen-bond acceptors (Lipinski definition) is 3. The normalized spacial score (nSPS) is 15.8. The number of nitrogens with zero attached hydrogens (tertiary/aromatic N) is 1. The van der Waals surface area contributed by atoms with Crippen LogP contribution in [0.15, 0.2) is 75.9 Å². The van der Waals surface area contributed by atoms with Crippen molar-refractivity contribution in [1.29, 1.82) is 0 Å². The Labute approximate surface area is 167 Å². The van der Waals surface area contributed by atoms with E-state index in [1.54, 1.807) is 0 Å². The molecule has 0 fully saturated rings. The van der Waals surface area contributed by atoms with Gasteiger partial charge in [-0.15, -0.1) is 0 Å². The number of nitrogens with one attached hydrogen (secondary N) is 1. The van der Waals surface area contributed by atoms with Crippen LogP contribution in [0.25, 0.3) is 11.1 Å². The van der Waals surface area contributed by atoms with Crippen molar-refractivity contribution in [3.8, 4) is 0 Å². The molecule has 4 aromatic rings. The molecule has 0 spiro atoms. The largest absolute Gasteiger partial charge is 0.417 e. The van der Waals surface area contributed by atoms with E-state index in [2.05, 4.69) is 30.1 Å². The van der Waals surface area contributed by atoms with Crippen molar-refractivity contribution in [2.75, 3.05) is 0 Å². The number of benzene rings is 3. The van der Waals surface area contributed by atoms with Crippen LogP contribution in [0.5, 0.6) is 0 Å². The molecule has 2 heterocycles. The summed E-state index contributed by atoms with van der Waals surface area (Å²) in [5, 5.41) is 0. The number of H-pyrrole nitrogens is 1. The molecule has 3 aromatic carbocycles. The fourth-order valence-corrected chi connectivity index (χ4v) is 4.09. The van der Waals surface area contributed by atoms with Crippen molar-refractivity contribution in [2.24, 2.45) is 0 Å². The summed E-state index contributed by atoms with van der Waals surface area (Å²) in [7, 11) is 0. The number of aromatic nitrogens is 1. The molecule has 144 valence electrons. The minimum Gasteiger partial charge on any atom is -0.408 e. The first kappa shape index (κ1) is 17.5. The smallest absolute Gasteiger partial charge is 0.408 e. The van der Waals surface area contributed by atoms with Crippen LogP contribution >= 0.6 is 0 Å². The van der Waals surface area contributed by atoms with Gasteiger partial charge in [-0.1, -0.05) is 48.5 Å². The lowest BCUT2D eigenvalue weighted by molar-refractivity contribution is 0.0723. The third-order valence-corrected chi connectivity index (χ3v) is 5.61. The zero-order valence-corrected chi connectivity index (χ0v) is 16.0. The Morgan fingerprint density at radius 2 is 1.72 bits per heavy atom. The molecule has 1 aromatic heterocycles. The highest BCUT2D eigenvalue weighted by atomic mass is 16.4. The lowest BCUT2D eigenvalue weighted by Gasteiger charge is -2.22. The van der Waals surface area contributed by atoms with Crippen molar-refractivity contribution in [2.45, 2.75) is 25.9 Å². The van der Waals surface area contributed by atoms with E-state index in [1.807, 2.05) is 53.4 Å². The van der Waals surface area contributed by atoms with Gasteiger partial charge in [0.15, 0.2) is 5.58 Å². The SMILES string of the molecule is CC1c2cc(Cc3ccccc3)ccc2C(=O)N1Cc1ccc2[nH]c(=O)oc2c1. The first-order chi connectivity index (χ1) is 14.1. The second-order valence-corrected chi connectivity index (χ2v) is 7.54. The average molecular weight is 384 g/mol. The van der Waals surface area contributed by atoms with Gasteiger partial charge in [-0.3, -0.25) is 9.78 Å². The molecule has 5 heteroatoms. The molecule has 0 bridgehead atoms. The summed E-state index contributed by atoms with van der Waals surface area (Å²) in [6, 6.07) is 22.0. The van der Waals surface area contributed by atoms with Gasteiger partial charge < -0.3 is 9.32 Å². The van der Waals surface area contributed by atoms with Crippen LogP contribution in [0, 0.1) is 0 Å². The molecule has 1 unspecified atom stereocenters. The maximum Gasteiger partial charge on any atom is 0.417 e. The molecule has 29 heavy (non-hydrogen) atoms. The number of fused-ring (bicyclic) bond motifs is 2. The van der Waals surface area contributed by atoms with E-state index in [1.165, 1.54) is 11.1 Å². The first-order valence-electron chi connectivity index (χ1n) is 9.68. The lowest BCUT2D eigenvalue weighted by atomic mass is 9.98. The summed E-state index contributed by atoms with van der Waals surface area (Å²) in [6.45, 7) is 2.53. The molecule has 1 aliphatic heterocycles. The van der Waals surface area contributed by atoms with Gasteiger partial charge in [0.1, 0.15) is 0 Å². The highest BCUT2D eigenvalue weighted by molar-refractivity contribution is 5.99. The molecule has 1 amide bonds. The highest BCUT2D eigenvalue weighted by Crippen LogP contribution is 2.35. The van der Waals surface area contributed by atoms with E-state index in [4.69, 9.17) is 4.42 Å². The quantitative estimate of drug-likeness (QED) is 0.566. The summed E-state index contributed by atoms with van der Waals surface area (Å²) in [5.41, 5.74) is 6.39. The van der Waals surface area contributed by atoms with Gasteiger partial charge in [-0.2, -0.15) is 0 Å². The number of oxazole rings is 1. The van der Waals surface area contributed by atoms with Crippen LogP contribution < -0.4 is 5.76 Å². The second-order valence-electron chi connectivity index (χ2n) is 7.54. The van der Waals surface area contributed by atoms with E-state index in [0.717, 1.165) is 23.1 Å². The zero-order chi connectivity index (χ0) is 20.0. The van der Waals surface area contributed by atoms with E-state index in [-0.39, 0.29) is 11.9 Å². The number of rotatable bonds is 4. The third-order valence-electron chi connectivity index (χ3n) is 5.61. The van der Waals surface area contributed by atoms with Crippen LogP contribution in [0.2, 0.25) is 0 Å². The minimum absolute atomic E-state index is 0.0119. The summed E-state index contributed by atoms with van der Waals surface area (Å²) < 4.78 is 5.15. The monoisotopic (exact) mass is 384 g/mol. The van der Waals surface area contributed by atoms with E-state index in [0.29, 0.717) is 17.6 Å². The van der Waals surface area contributed by atoms with E-state index >= 15 is 0 Å². The van der Waals surface area contributed by atoms with Crippen LogP contribution in [0.3, 0.4) is 0 Å². The molecule has 5 rings (SSSR count).